The van der Waals surface area contributed by atoms with E-state index in [4.69, 9.17) is 14.2 Å². The number of ether oxygens (including phenoxy) is 3. The second kappa shape index (κ2) is 6.52. The second-order valence-electron chi connectivity index (χ2n) is 4.56. The zero-order chi connectivity index (χ0) is 13.7. The molecule has 0 radical (unpaired) electrons. The standard InChI is InChI=1S/C14H22N2O3/c1-17-11-8-12(18-2)14(13(9-11)19-3)16-7-6-15-10-4-5-10/h8-10,15-16H,4-7H2,1-3H3. The fourth-order valence-corrected chi connectivity index (χ4v) is 1.93. The number of anilines is 1. The molecule has 0 bridgehead atoms. The topological polar surface area (TPSA) is 51.8 Å². The molecule has 1 aromatic rings. The molecule has 19 heavy (non-hydrogen) atoms. The molecule has 2 N–H and O–H groups in total. The summed E-state index contributed by atoms with van der Waals surface area (Å²) in [6.07, 6.45) is 2.60. The van der Waals surface area contributed by atoms with Gasteiger partial charge < -0.3 is 24.8 Å². The summed E-state index contributed by atoms with van der Waals surface area (Å²) in [7, 11) is 4.91. The predicted octanol–water partition coefficient (Wildman–Crippen LogP) is 1.88. The van der Waals surface area contributed by atoms with Crippen LogP contribution in [-0.4, -0.2) is 40.5 Å². The molecule has 0 amide bonds. The van der Waals surface area contributed by atoms with Crippen molar-refractivity contribution in [3.8, 4) is 17.2 Å². The van der Waals surface area contributed by atoms with Gasteiger partial charge in [0, 0.05) is 31.3 Å². The molecule has 1 fully saturated rings. The lowest BCUT2D eigenvalue weighted by atomic mass is 10.2. The molecule has 0 heterocycles. The van der Waals surface area contributed by atoms with Gasteiger partial charge in [-0.15, -0.1) is 0 Å². The SMILES string of the molecule is COc1cc(OC)c(NCCNC2CC2)c(OC)c1. The number of nitrogens with one attached hydrogen (secondary N) is 2. The fourth-order valence-electron chi connectivity index (χ4n) is 1.93. The Labute approximate surface area is 114 Å². The first-order valence-corrected chi connectivity index (χ1v) is 6.55. The average Bonchev–Trinajstić information content (AvgIpc) is 3.27. The van der Waals surface area contributed by atoms with E-state index in [0.717, 1.165) is 42.1 Å². The van der Waals surface area contributed by atoms with Gasteiger partial charge >= 0.3 is 0 Å². The Hall–Kier alpha value is -1.62. The Morgan fingerprint density at radius 3 is 2.11 bits per heavy atom. The molecule has 2 rings (SSSR count). The molecule has 1 aliphatic rings. The average molecular weight is 266 g/mol. The molecular weight excluding hydrogens is 244 g/mol. The van der Waals surface area contributed by atoms with E-state index in [9.17, 15) is 0 Å². The van der Waals surface area contributed by atoms with Crippen molar-refractivity contribution in [2.45, 2.75) is 18.9 Å². The van der Waals surface area contributed by atoms with E-state index in [2.05, 4.69) is 10.6 Å². The summed E-state index contributed by atoms with van der Waals surface area (Å²) in [6, 6.07) is 4.42. The van der Waals surface area contributed by atoms with Gasteiger partial charge in [-0.2, -0.15) is 0 Å². The molecule has 0 saturated heterocycles. The maximum atomic E-state index is 5.38. The fraction of sp³-hybridized carbons (Fsp3) is 0.571. The summed E-state index contributed by atoms with van der Waals surface area (Å²) >= 11 is 0. The third-order valence-electron chi connectivity index (χ3n) is 3.15. The highest BCUT2D eigenvalue weighted by Gasteiger charge is 2.19. The monoisotopic (exact) mass is 266 g/mol. The first-order chi connectivity index (χ1) is 9.28. The van der Waals surface area contributed by atoms with Gasteiger partial charge in [0.2, 0.25) is 0 Å². The smallest absolute Gasteiger partial charge is 0.149 e. The molecule has 0 unspecified atom stereocenters. The van der Waals surface area contributed by atoms with Crippen molar-refractivity contribution in [1.29, 1.82) is 0 Å². The lowest BCUT2D eigenvalue weighted by Crippen LogP contribution is -2.24. The third-order valence-corrected chi connectivity index (χ3v) is 3.15. The van der Waals surface area contributed by atoms with E-state index in [1.807, 2.05) is 12.1 Å². The van der Waals surface area contributed by atoms with Gasteiger partial charge in [-0.3, -0.25) is 0 Å². The molecule has 1 aliphatic carbocycles. The van der Waals surface area contributed by atoms with Crippen molar-refractivity contribution in [3.63, 3.8) is 0 Å². The van der Waals surface area contributed by atoms with Crippen LogP contribution in [0.2, 0.25) is 0 Å². The minimum absolute atomic E-state index is 0.718. The highest BCUT2D eigenvalue weighted by Crippen LogP contribution is 2.38. The molecule has 106 valence electrons. The zero-order valence-corrected chi connectivity index (χ0v) is 11.8. The Kier molecular flexibility index (Phi) is 4.74. The van der Waals surface area contributed by atoms with Gasteiger partial charge in [0.15, 0.2) is 0 Å². The van der Waals surface area contributed by atoms with Crippen LogP contribution in [0.1, 0.15) is 12.8 Å². The predicted molar refractivity (Wildman–Crippen MR) is 75.6 cm³/mol. The van der Waals surface area contributed by atoms with Crippen LogP contribution in [0.15, 0.2) is 12.1 Å². The zero-order valence-electron chi connectivity index (χ0n) is 11.8. The molecule has 0 atom stereocenters. The van der Waals surface area contributed by atoms with Crippen molar-refractivity contribution in [1.82, 2.24) is 5.32 Å². The van der Waals surface area contributed by atoms with E-state index in [-0.39, 0.29) is 0 Å². The van der Waals surface area contributed by atoms with Crippen LogP contribution in [0.5, 0.6) is 17.2 Å². The minimum atomic E-state index is 0.718. The summed E-state index contributed by atoms with van der Waals surface area (Å²) in [6.45, 7) is 1.76. The first-order valence-electron chi connectivity index (χ1n) is 6.55. The Morgan fingerprint density at radius 1 is 1.00 bits per heavy atom. The van der Waals surface area contributed by atoms with Gasteiger partial charge in [0.05, 0.1) is 21.3 Å². The highest BCUT2D eigenvalue weighted by molar-refractivity contribution is 5.68. The summed E-state index contributed by atoms with van der Waals surface area (Å²) in [5.41, 5.74) is 0.864. The van der Waals surface area contributed by atoms with Gasteiger partial charge in [0.25, 0.3) is 0 Å². The summed E-state index contributed by atoms with van der Waals surface area (Å²) in [4.78, 5) is 0. The largest absolute Gasteiger partial charge is 0.496 e. The second-order valence-corrected chi connectivity index (χ2v) is 4.56. The van der Waals surface area contributed by atoms with E-state index in [1.165, 1.54) is 12.8 Å². The maximum Gasteiger partial charge on any atom is 0.149 e. The van der Waals surface area contributed by atoms with Crippen molar-refractivity contribution >= 4 is 5.69 Å². The molecular formula is C14H22N2O3. The van der Waals surface area contributed by atoms with Crippen molar-refractivity contribution in [2.24, 2.45) is 0 Å². The van der Waals surface area contributed by atoms with Crippen LogP contribution >= 0.6 is 0 Å². The minimum Gasteiger partial charge on any atom is -0.496 e. The normalized spacial score (nSPS) is 14.1. The van der Waals surface area contributed by atoms with Crippen LogP contribution < -0.4 is 24.8 Å². The van der Waals surface area contributed by atoms with Crippen LogP contribution in [0, 0.1) is 0 Å². The highest BCUT2D eigenvalue weighted by atomic mass is 16.5. The van der Waals surface area contributed by atoms with E-state index < -0.39 is 0 Å². The van der Waals surface area contributed by atoms with Crippen molar-refractivity contribution in [2.75, 3.05) is 39.7 Å². The quantitative estimate of drug-likeness (QED) is 0.704. The Bertz CT molecular complexity index is 394. The van der Waals surface area contributed by atoms with Crippen molar-refractivity contribution in [3.05, 3.63) is 12.1 Å². The molecule has 0 aromatic heterocycles. The van der Waals surface area contributed by atoms with Crippen LogP contribution in [0.3, 0.4) is 0 Å². The number of methoxy groups -OCH3 is 3. The summed E-state index contributed by atoms with van der Waals surface area (Å²) in [5.74, 6) is 2.17. The molecule has 1 saturated carbocycles. The van der Waals surface area contributed by atoms with Crippen LogP contribution in [0.4, 0.5) is 5.69 Å². The number of rotatable bonds is 8. The summed E-state index contributed by atoms with van der Waals surface area (Å²) < 4.78 is 16.0. The molecule has 1 aromatic carbocycles. The Balaban J connectivity index is 2.02. The van der Waals surface area contributed by atoms with E-state index >= 15 is 0 Å². The van der Waals surface area contributed by atoms with E-state index in [0.29, 0.717) is 0 Å². The molecule has 0 spiro atoms. The summed E-state index contributed by atoms with van der Waals surface area (Å²) in [5, 5.41) is 6.81. The van der Waals surface area contributed by atoms with Gasteiger partial charge in [0.1, 0.15) is 22.9 Å². The van der Waals surface area contributed by atoms with Gasteiger partial charge in [-0.1, -0.05) is 0 Å². The van der Waals surface area contributed by atoms with Crippen LogP contribution in [-0.2, 0) is 0 Å². The molecule has 5 heteroatoms. The lowest BCUT2D eigenvalue weighted by molar-refractivity contribution is 0.377. The maximum absolute atomic E-state index is 5.38. The Morgan fingerprint density at radius 2 is 1.63 bits per heavy atom. The third kappa shape index (κ3) is 3.67. The van der Waals surface area contributed by atoms with Gasteiger partial charge in [-0.05, 0) is 12.8 Å². The number of hydrogen-bond donors (Lipinski definition) is 2. The first kappa shape index (κ1) is 13.8. The molecule has 5 nitrogen and oxygen atoms in total. The molecule has 0 aliphatic heterocycles. The van der Waals surface area contributed by atoms with E-state index in [1.54, 1.807) is 21.3 Å². The van der Waals surface area contributed by atoms with Gasteiger partial charge in [-0.25, -0.2) is 0 Å². The van der Waals surface area contributed by atoms with Crippen molar-refractivity contribution < 1.29 is 14.2 Å². The van der Waals surface area contributed by atoms with Crippen LogP contribution in [0.25, 0.3) is 0 Å². The lowest BCUT2D eigenvalue weighted by Gasteiger charge is -2.16. The number of hydrogen-bond acceptors (Lipinski definition) is 5. The number of benzene rings is 1.